The Morgan fingerprint density at radius 2 is 1.88 bits per heavy atom. The Morgan fingerprint density at radius 1 is 1.15 bits per heavy atom. The number of carbonyl (C=O) groups excluding carboxylic acids is 1. The van der Waals surface area contributed by atoms with E-state index in [-0.39, 0.29) is 5.91 Å². The second-order valence-corrected chi connectivity index (χ2v) is 7.13. The average Bonchev–Trinajstić information content (AvgIpc) is 2.67. The van der Waals surface area contributed by atoms with Crippen LogP contribution >= 0.6 is 11.8 Å². The molecule has 140 valence electrons. The molecule has 0 aliphatic heterocycles. The molecule has 1 amide bonds. The van der Waals surface area contributed by atoms with E-state index in [9.17, 15) is 4.79 Å². The Labute approximate surface area is 160 Å². The number of nitrogens with one attached hydrogen (secondary N) is 1. The van der Waals surface area contributed by atoms with Gasteiger partial charge in [0.15, 0.2) is 6.10 Å². The minimum absolute atomic E-state index is 0.0775. The van der Waals surface area contributed by atoms with Crippen molar-refractivity contribution in [3.8, 4) is 11.5 Å². The van der Waals surface area contributed by atoms with Crippen LogP contribution in [0.25, 0.3) is 0 Å². The molecule has 0 radical (unpaired) electrons. The highest BCUT2D eigenvalue weighted by atomic mass is 32.2. The van der Waals surface area contributed by atoms with Gasteiger partial charge in [0.2, 0.25) is 0 Å². The van der Waals surface area contributed by atoms with Crippen LogP contribution < -0.4 is 14.8 Å². The fourth-order valence-electron chi connectivity index (χ4n) is 2.40. The van der Waals surface area contributed by atoms with Crippen LogP contribution in [0.3, 0.4) is 0 Å². The highest BCUT2D eigenvalue weighted by Crippen LogP contribution is 2.20. The van der Waals surface area contributed by atoms with Crippen LogP contribution in [0, 0.1) is 6.92 Å². The number of hydrogen-bond acceptors (Lipinski definition) is 4. The van der Waals surface area contributed by atoms with E-state index in [4.69, 9.17) is 9.47 Å². The molecule has 2 aromatic rings. The summed E-state index contributed by atoms with van der Waals surface area (Å²) < 4.78 is 11.0. The van der Waals surface area contributed by atoms with Gasteiger partial charge in [0.05, 0.1) is 7.11 Å². The number of thioether (sulfide) groups is 1. The monoisotopic (exact) mass is 373 g/mol. The lowest BCUT2D eigenvalue weighted by Crippen LogP contribution is -2.39. The second-order valence-electron chi connectivity index (χ2n) is 6.02. The summed E-state index contributed by atoms with van der Waals surface area (Å²) in [6.45, 7) is 4.66. The minimum Gasteiger partial charge on any atom is -0.497 e. The van der Waals surface area contributed by atoms with Crippen molar-refractivity contribution in [3.63, 3.8) is 0 Å². The summed E-state index contributed by atoms with van der Waals surface area (Å²) in [6, 6.07) is 15.9. The first kappa shape index (κ1) is 20.2. The van der Waals surface area contributed by atoms with Gasteiger partial charge < -0.3 is 14.8 Å². The molecule has 2 rings (SSSR count). The van der Waals surface area contributed by atoms with Crippen molar-refractivity contribution in [2.75, 3.05) is 19.4 Å². The van der Waals surface area contributed by atoms with Crippen LogP contribution in [0.5, 0.6) is 11.5 Å². The van der Waals surface area contributed by atoms with Crippen LogP contribution in [0.4, 0.5) is 0 Å². The normalized spacial score (nSPS) is 11.7. The van der Waals surface area contributed by atoms with Crippen molar-refractivity contribution >= 4 is 17.7 Å². The van der Waals surface area contributed by atoms with E-state index in [1.807, 2.05) is 36.9 Å². The lowest BCUT2D eigenvalue weighted by molar-refractivity contribution is -0.127. The third kappa shape index (κ3) is 6.64. The number of ether oxygens (including phenoxy) is 2. The molecule has 2 aromatic carbocycles. The van der Waals surface area contributed by atoms with Crippen molar-refractivity contribution in [3.05, 3.63) is 59.7 Å². The van der Waals surface area contributed by atoms with Gasteiger partial charge in [0, 0.05) is 24.1 Å². The molecule has 0 unspecified atom stereocenters. The Morgan fingerprint density at radius 3 is 2.58 bits per heavy atom. The summed E-state index contributed by atoms with van der Waals surface area (Å²) in [7, 11) is 1.61. The predicted molar refractivity (Wildman–Crippen MR) is 108 cm³/mol. The molecule has 1 N–H and O–H groups in total. The summed E-state index contributed by atoms with van der Waals surface area (Å²) in [5.74, 6) is 3.10. The van der Waals surface area contributed by atoms with E-state index in [2.05, 4.69) is 36.5 Å². The lowest BCUT2D eigenvalue weighted by Gasteiger charge is -2.17. The smallest absolute Gasteiger partial charge is 0.261 e. The van der Waals surface area contributed by atoms with Crippen LogP contribution in [0.2, 0.25) is 0 Å². The van der Waals surface area contributed by atoms with Gasteiger partial charge in [-0.2, -0.15) is 11.8 Å². The first-order valence-electron chi connectivity index (χ1n) is 8.84. The number of amides is 1. The van der Waals surface area contributed by atoms with E-state index in [1.54, 1.807) is 13.2 Å². The first-order chi connectivity index (χ1) is 12.6. The van der Waals surface area contributed by atoms with Gasteiger partial charge in [-0.15, -0.1) is 0 Å². The van der Waals surface area contributed by atoms with Gasteiger partial charge in [-0.05, 0) is 31.0 Å². The maximum Gasteiger partial charge on any atom is 0.261 e. The SMILES string of the molecule is CC[C@@H](Oc1cccc(OC)c1)C(=O)NCCSCc1ccc(C)cc1. The van der Waals surface area contributed by atoms with E-state index in [1.165, 1.54) is 11.1 Å². The van der Waals surface area contributed by atoms with Gasteiger partial charge in [-0.1, -0.05) is 42.8 Å². The van der Waals surface area contributed by atoms with Crippen molar-refractivity contribution in [1.82, 2.24) is 5.32 Å². The third-order valence-electron chi connectivity index (χ3n) is 3.92. The van der Waals surface area contributed by atoms with Crippen LogP contribution in [-0.4, -0.2) is 31.4 Å². The molecule has 26 heavy (non-hydrogen) atoms. The Bertz CT molecular complexity index is 688. The van der Waals surface area contributed by atoms with Crippen LogP contribution in [0.15, 0.2) is 48.5 Å². The van der Waals surface area contributed by atoms with Crippen molar-refractivity contribution in [2.24, 2.45) is 0 Å². The van der Waals surface area contributed by atoms with Gasteiger partial charge >= 0.3 is 0 Å². The maximum absolute atomic E-state index is 12.3. The zero-order chi connectivity index (χ0) is 18.8. The number of methoxy groups -OCH3 is 1. The maximum atomic E-state index is 12.3. The third-order valence-corrected chi connectivity index (χ3v) is 4.95. The summed E-state index contributed by atoms with van der Waals surface area (Å²) in [6.07, 6.45) is 0.115. The van der Waals surface area contributed by atoms with Gasteiger partial charge in [-0.3, -0.25) is 4.79 Å². The Hall–Kier alpha value is -2.14. The van der Waals surface area contributed by atoms with Crippen molar-refractivity contribution in [2.45, 2.75) is 32.1 Å². The standard InChI is InChI=1S/C21H27NO3S/c1-4-20(25-19-7-5-6-18(14-19)24-3)21(23)22-12-13-26-15-17-10-8-16(2)9-11-17/h5-11,14,20H,4,12-13,15H2,1-3H3,(H,22,23)/t20-/m1/s1. The first-order valence-corrected chi connectivity index (χ1v) is 9.99. The fraction of sp³-hybridized carbons (Fsp3) is 0.381. The molecule has 0 saturated heterocycles. The molecule has 0 bridgehead atoms. The van der Waals surface area contributed by atoms with Gasteiger partial charge in [0.25, 0.3) is 5.91 Å². The number of benzene rings is 2. The lowest BCUT2D eigenvalue weighted by atomic mass is 10.2. The second kappa shape index (κ2) is 10.8. The summed E-state index contributed by atoms with van der Waals surface area (Å²) in [5.41, 5.74) is 2.58. The van der Waals surface area contributed by atoms with E-state index < -0.39 is 6.10 Å². The minimum atomic E-state index is -0.496. The highest BCUT2D eigenvalue weighted by Gasteiger charge is 2.18. The van der Waals surface area contributed by atoms with Gasteiger partial charge in [0.1, 0.15) is 11.5 Å². The molecule has 0 aliphatic rings. The van der Waals surface area contributed by atoms with E-state index in [0.717, 1.165) is 11.5 Å². The average molecular weight is 374 g/mol. The van der Waals surface area contributed by atoms with Crippen molar-refractivity contribution < 1.29 is 14.3 Å². The van der Waals surface area contributed by atoms with Crippen LogP contribution in [-0.2, 0) is 10.5 Å². The molecule has 0 aliphatic carbocycles. The Kier molecular flexibility index (Phi) is 8.35. The topological polar surface area (TPSA) is 47.6 Å². The number of carbonyl (C=O) groups is 1. The quantitative estimate of drug-likeness (QED) is 0.634. The summed E-state index contributed by atoms with van der Waals surface area (Å²) in [4.78, 5) is 12.3. The number of hydrogen-bond donors (Lipinski definition) is 1. The number of rotatable bonds is 10. The Balaban J connectivity index is 1.71. The fourth-order valence-corrected chi connectivity index (χ4v) is 3.21. The zero-order valence-electron chi connectivity index (χ0n) is 15.7. The largest absolute Gasteiger partial charge is 0.497 e. The molecule has 0 spiro atoms. The summed E-state index contributed by atoms with van der Waals surface area (Å²) >= 11 is 1.81. The summed E-state index contributed by atoms with van der Waals surface area (Å²) in [5, 5.41) is 2.96. The molecule has 0 aromatic heterocycles. The molecular weight excluding hydrogens is 346 g/mol. The molecule has 5 heteroatoms. The van der Waals surface area contributed by atoms with E-state index >= 15 is 0 Å². The van der Waals surface area contributed by atoms with E-state index in [0.29, 0.717) is 24.5 Å². The predicted octanol–water partition coefficient (Wildman–Crippen LogP) is 4.21. The molecule has 0 saturated carbocycles. The molecular formula is C21H27NO3S. The van der Waals surface area contributed by atoms with Gasteiger partial charge in [-0.25, -0.2) is 0 Å². The molecule has 1 atom stereocenters. The van der Waals surface area contributed by atoms with Crippen molar-refractivity contribution in [1.29, 1.82) is 0 Å². The van der Waals surface area contributed by atoms with Crippen LogP contribution in [0.1, 0.15) is 24.5 Å². The zero-order valence-corrected chi connectivity index (χ0v) is 16.5. The molecule has 0 fully saturated rings. The molecule has 4 nitrogen and oxygen atoms in total. The number of aryl methyl sites for hydroxylation is 1. The highest BCUT2D eigenvalue weighted by molar-refractivity contribution is 7.98. The molecule has 0 heterocycles.